The lowest BCUT2D eigenvalue weighted by molar-refractivity contribution is 0.117. The summed E-state index contributed by atoms with van der Waals surface area (Å²) in [7, 11) is 0. The Morgan fingerprint density at radius 3 is 2.47 bits per heavy atom. The molecule has 1 unspecified atom stereocenters. The molecule has 0 aliphatic rings. The van der Waals surface area contributed by atoms with E-state index in [1.807, 2.05) is 12.1 Å². The molecule has 0 saturated heterocycles. The van der Waals surface area contributed by atoms with Crippen LogP contribution in [0.5, 0.6) is 0 Å². The topological polar surface area (TPSA) is 35.2 Å². The van der Waals surface area contributed by atoms with Crippen molar-refractivity contribution < 1.29 is 4.74 Å². The number of hydrogen-bond donors (Lipinski definition) is 1. The van der Waals surface area contributed by atoms with Gasteiger partial charge in [0.1, 0.15) is 0 Å². The van der Waals surface area contributed by atoms with E-state index in [1.54, 1.807) is 0 Å². The highest BCUT2D eigenvalue weighted by atomic mass is 16.5. The second-order valence-electron chi connectivity index (χ2n) is 5.31. The van der Waals surface area contributed by atoms with Crippen molar-refractivity contribution in [2.75, 3.05) is 13.2 Å². The number of aryl methyl sites for hydroxylation is 1. The highest BCUT2D eigenvalue weighted by Gasteiger charge is 2.07. The van der Waals surface area contributed by atoms with Gasteiger partial charge in [-0.25, -0.2) is 0 Å². The molecule has 0 aliphatic carbocycles. The van der Waals surface area contributed by atoms with Gasteiger partial charge in [-0.05, 0) is 24.5 Å². The van der Waals surface area contributed by atoms with Gasteiger partial charge in [-0.3, -0.25) is 0 Å². The minimum Gasteiger partial charge on any atom is -0.379 e. The monoisotopic (exact) mass is 263 g/mol. The third-order valence-corrected chi connectivity index (χ3v) is 3.53. The molecule has 2 nitrogen and oxygen atoms in total. The maximum Gasteiger partial charge on any atom is 0.0659 e. The lowest BCUT2D eigenvalue weighted by Crippen LogP contribution is -2.18. The third kappa shape index (κ3) is 6.74. The first-order valence-corrected chi connectivity index (χ1v) is 7.64. The SMILES string of the molecule is CCCCCCCCOCC(N)c1ccccc1C. The van der Waals surface area contributed by atoms with E-state index < -0.39 is 0 Å². The van der Waals surface area contributed by atoms with E-state index in [-0.39, 0.29) is 6.04 Å². The Hall–Kier alpha value is -0.860. The molecule has 1 atom stereocenters. The second kappa shape index (κ2) is 9.99. The van der Waals surface area contributed by atoms with Gasteiger partial charge in [-0.15, -0.1) is 0 Å². The van der Waals surface area contributed by atoms with Crippen molar-refractivity contribution >= 4 is 0 Å². The molecule has 1 aromatic carbocycles. The minimum atomic E-state index is 0.00120. The number of hydrogen-bond acceptors (Lipinski definition) is 2. The number of rotatable bonds is 10. The van der Waals surface area contributed by atoms with Crippen molar-refractivity contribution in [1.29, 1.82) is 0 Å². The van der Waals surface area contributed by atoms with Crippen LogP contribution in [0.15, 0.2) is 24.3 Å². The summed E-state index contributed by atoms with van der Waals surface area (Å²) in [6.07, 6.45) is 7.80. The Labute approximate surface area is 118 Å². The zero-order valence-electron chi connectivity index (χ0n) is 12.5. The Balaban J connectivity index is 2.08. The van der Waals surface area contributed by atoms with Crippen LogP contribution in [0.2, 0.25) is 0 Å². The van der Waals surface area contributed by atoms with Crippen LogP contribution in [0.1, 0.15) is 62.6 Å². The molecule has 108 valence electrons. The fourth-order valence-electron chi connectivity index (χ4n) is 2.29. The van der Waals surface area contributed by atoms with Crippen molar-refractivity contribution in [2.45, 2.75) is 58.4 Å². The molecule has 0 aliphatic heterocycles. The van der Waals surface area contributed by atoms with Gasteiger partial charge in [0.2, 0.25) is 0 Å². The summed E-state index contributed by atoms with van der Waals surface area (Å²) in [5.74, 6) is 0. The minimum absolute atomic E-state index is 0.00120. The highest BCUT2D eigenvalue weighted by Crippen LogP contribution is 2.15. The van der Waals surface area contributed by atoms with Gasteiger partial charge in [-0.1, -0.05) is 63.3 Å². The molecular formula is C17H29NO. The van der Waals surface area contributed by atoms with Gasteiger partial charge in [0.15, 0.2) is 0 Å². The Morgan fingerprint density at radius 1 is 1.05 bits per heavy atom. The first-order chi connectivity index (χ1) is 9.25. The summed E-state index contributed by atoms with van der Waals surface area (Å²) >= 11 is 0. The Kier molecular flexibility index (Phi) is 8.52. The molecular weight excluding hydrogens is 234 g/mol. The summed E-state index contributed by atoms with van der Waals surface area (Å²) in [5, 5.41) is 0. The molecule has 1 rings (SSSR count). The average molecular weight is 263 g/mol. The predicted molar refractivity (Wildman–Crippen MR) is 82.3 cm³/mol. The van der Waals surface area contributed by atoms with Crippen LogP contribution in [0.3, 0.4) is 0 Å². The summed E-state index contributed by atoms with van der Waals surface area (Å²) in [6, 6.07) is 8.27. The number of ether oxygens (including phenoxy) is 1. The van der Waals surface area contributed by atoms with E-state index in [0.717, 1.165) is 13.0 Å². The number of unbranched alkanes of at least 4 members (excludes halogenated alkanes) is 5. The fourth-order valence-corrected chi connectivity index (χ4v) is 2.29. The Bertz CT molecular complexity index is 338. The molecule has 0 saturated carbocycles. The van der Waals surface area contributed by atoms with Gasteiger partial charge >= 0.3 is 0 Å². The summed E-state index contributed by atoms with van der Waals surface area (Å²) in [6.45, 7) is 5.81. The first kappa shape index (κ1) is 16.2. The third-order valence-electron chi connectivity index (χ3n) is 3.53. The second-order valence-corrected chi connectivity index (χ2v) is 5.31. The molecule has 2 N–H and O–H groups in total. The molecule has 1 aromatic rings. The molecule has 0 heterocycles. The van der Waals surface area contributed by atoms with Crippen molar-refractivity contribution in [3.05, 3.63) is 35.4 Å². The smallest absolute Gasteiger partial charge is 0.0659 e. The van der Waals surface area contributed by atoms with Crippen LogP contribution >= 0.6 is 0 Å². The van der Waals surface area contributed by atoms with Crippen molar-refractivity contribution in [3.63, 3.8) is 0 Å². The van der Waals surface area contributed by atoms with Crippen LogP contribution < -0.4 is 5.73 Å². The van der Waals surface area contributed by atoms with E-state index >= 15 is 0 Å². The molecule has 0 amide bonds. The molecule has 0 spiro atoms. The number of nitrogens with two attached hydrogens (primary N) is 1. The normalized spacial score (nSPS) is 12.6. The Morgan fingerprint density at radius 2 is 1.74 bits per heavy atom. The van der Waals surface area contributed by atoms with Crippen molar-refractivity contribution in [1.82, 2.24) is 0 Å². The van der Waals surface area contributed by atoms with Crippen molar-refractivity contribution in [3.8, 4) is 0 Å². The van der Waals surface area contributed by atoms with Crippen LogP contribution in [0.25, 0.3) is 0 Å². The summed E-state index contributed by atoms with van der Waals surface area (Å²) in [4.78, 5) is 0. The van der Waals surface area contributed by atoms with E-state index in [2.05, 4.69) is 26.0 Å². The molecule has 0 fully saturated rings. The van der Waals surface area contributed by atoms with E-state index in [0.29, 0.717) is 6.61 Å². The molecule has 0 radical (unpaired) electrons. The van der Waals surface area contributed by atoms with E-state index in [4.69, 9.17) is 10.5 Å². The lowest BCUT2D eigenvalue weighted by Gasteiger charge is -2.14. The maximum atomic E-state index is 6.15. The van der Waals surface area contributed by atoms with Crippen LogP contribution in [0.4, 0.5) is 0 Å². The van der Waals surface area contributed by atoms with Gasteiger partial charge in [0.25, 0.3) is 0 Å². The zero-order valence-corrected chi connectivity index (χ0v) is 12.5. The average Bonchev–Trinajstić information content (AvgIpc) is 2.42. The van der Waals surface area contributed by atoms with Crippen LogP contribution in [-0.4, -0.2) is 13.2 Å². The number of benzene rings is 1. The standard InChI is InChI=1S/C17H29NO/c1-3-4-5-6-7-10-13-19-14-17(18)16-12-9-8-11-15(16)2/h8-9,11-12,17H,3-7,10,13-14,18H2,1-2H3. The van der Waals surface area contributed by atoms with Gasteiger partial charge in [0, 0.05) is 6.61 Å². The van der Waals surface area contributed by atoms with E-state index in [9.17, 15) is 0 Å². The fraction of sp³-hybridized carbons (Fsp3) is 0.647. The van der Waals surface area contributed by atoms with Gasteiger partial charge in [-0.2, -0.15) is 0 Å². The highest BCUT2D eigenvalue weighted by molar-refractivity contribution is 5.28. The first-order valence-electron chi connectivity index (χ1n) is 7.64. The van der Waals surface area contributed by atoms with Gasteiger partial charge in [0.05, 0.1) is 12.6 Å². The van der Waals surface area contributed by atoms with E-state index in [1.165, 1.54) is 43.2 Å². The predicted octanol–water partition coefficient (Wildman–Crippen LogP) is 4.37. The zero-order chi connectivity index (χ0) is 13.9. The van der Waals surface area contributed by atoms with Crippen LogP contribution in [-0.2, 0) is 4.74 Å². The van der Waals surface area contributed by atoms with Crippen LogP contribution in [0, 0.1) is 6.92 Å². The maximum absolute atomic E-state index is 6.15. The molecule has 19 heavy (non-hydrogen) atoms. The quantitative estimate of drug-likeness (QED) is 0.636. The lowest BCUT2D eigenvalue weighted by atomic mass is 10.0. The summed E-state index contributed by atoms with van der Waals surface area (Å²) in [5.41, 5.74) is 8.60. The van der Waals surface area contributed by atoms with Crippen molar-refractivity contribution in [2.24, 2.45) is 5.73 Å². The molecule has 0 bridgehead atoms. The largest absolute Gasteiger partial charge is 0.379 e. The molecule has 2 heteroatoms. The summed E-state index contributed by atoms with van der Waals surface area (Å²) < 4.78 is 5.69. The van der Waals surface area contributed by atoms with Gasteiger partial charge < -0.3 is 10.5 Å². The molecule has 0 aromatic heterocycles.